The largest absolute Gasteiger partial charge is 0.494 e. The SMILES string of the molecule is CCOc1ccc(C(O[Si](C)(C)C)c2cc(Br)ccc2Cl)cc1. The van der Waals surface area contributed by atoms with Crippen LogP contribution in [0.3, 0.4) is 0 Å². The molecule has 124 valence electrons. The molecule has 0 amide bonds. The van der Waals surface area contributed by atoms with E-state index in [2.05, 4.69) is 35.6 Å². The summed E-state index contributed by atoms with van der Waals surface area (Å²) in [7, 11) is -1.76. The van der Waals surface area contributed by atoms with Gasteiger partial charge in [-0.3, -0.25) is 0 Å². The lowest BCUT2D eigenvalue weighted by atomic mass is 10.0. The zero-order valence-electron chi connectivity index (χ0n) is 13.9. The lowest BCUT2D eigenvalue weighted by Crippen LogP contribution is -2.28. The maximum Gasteiger partial charge on any atom is 0.185 e. The van der Waals surface area contributed by atoms with Crippen LogP contribution in [0.4, 0.5) is 0 Å². The summed E-state index contributed by atoms with van der Waals surface area (Å²) in [5.41, 5.74) is 2.06. The van der Waals surface area contributed by atoms with E-state index in [1.54, 1.807) is 0 Å². The second-order valence-electron chi connectivity index (χ2n) is 6.28. The van der Waals surface area contributed by atoms with Crippen LogP contribution in [0.1, 0.15) is 24.2 Å². The minimum absolute atomic E-state index is 0.178. The van der Waals surface area contributed by atoms with Crippen molar-refractivity contribution in [1.29, 1.82) is 0 Å². The van der Waals surface area contributed by atoms with Crippen molar-refractivity contribution in [3.05, 3.63) is 63.1 Å². The average Bonchev–Trinajstić information content (AvgIpc) is 2.48. The number of hydrogen-bond acceptors (Lipinski definition) is 2. The molecule has 0 aromatic heterocycles. The van der Waals surface area contributed by atoms with Gasteiger partial charge in [0, 0.05) is 15.1 Å². The number of benzene rings is 2. The van der Waals surface area contributed by atoms with Gasteiger partial charge in [0.25, 0.3) is 0 Å². The van der Waals surface area contributed by atoms with E-state index >= 15 is 0 Å². The molecular formula is C18H22BrClO2Si. The summed E-state index contributed by atoms with van der Waals surface area (Å²) in [6, 6.07) is 13.9. The van der Waals surface area contributed by atoms with Crippen LogP contribution in [0, 0.1) is 0 Å². The Balaban J connectivity index is 2.43. The summed E-state index contributed by atoms with van der Waals surface area (Å²) in [6.45, 7) is 9.18. The highest BCUT2D eigenvalue weighted by Crippen LogP contribution is 2.36. The molecule has 0 saturated heterocycles. The maximum absolute atomic E-state index is 6.44. The molecule has 2 aromatic rings. The van der Waals surface area contributed by atoms with Crippen LogP contribution in [-0.2, 0) is 4.43 Å². The number of ether oxygens (including phenoxy) is 1. The first-order valence-electron chi connectivity index (χ1n) is 7.65. The van der Waals surface area contributed by atoms with Crippen molar-refractivity contribution in [2.75, 3.05) is 6.61 Å². The summed E-state index contributed by atoms with van der Waals surface area (Å²) >= 11 is 9.97. The molecule has 0 bridgehead atoms. The minimum Gasteiger partial charge on any atom is -0.494 e. The predicted octanol–water partition coefficient (Wildman–Crippen LogP) is 6.44. The van der Waals surface area contributed by atoms with E-state index in [0.717, 1.165) is 21.3 Å². The molecule has 2 aromatic carbocycles. The second kappa shape index (κ2) is 7.84. The predicted molar refractivity (Wildman–Crippen MR) is 103 cm³/mol. The number of halogens is 2. The molecular weight excluding hydrogens is 392 g/mol. The molecule has 0 spiro atoms. The van der Waals surface area contributed by atoms with Gasteiger partial charge in [0.15, 0.2) is 8.32 Å². The van der Waals surface area contributed by atoms with Gasteiger partial charge in [-0.1, -0.05) is 39.7 Å². The Kier molecular flexibility index (Phi) is 6.31. The van der Waals surface area contributed by atoms with Gasteiger partial charge in [-0.2, -0.15) is 0 Å². The summed E-state index contributed by atoms with van der Waals surface area (Å²) < 4.78 is 13.0. The molecule has 0 aliphatic carbocycles. The van der Waals surface area contributed by atoms with Crippen molar-refractivity contribution in [3.8, 4) is 5.75 Å². The molecule has 2 rings (SSSR count). The minimum atomic E-state index is -1.76. The van der Waals surface area contributed by atoms with E-state index < -0.39 is 8.32 Å². The molecule has 0 aliphatic rings. The van der Waals surface area contributed by atoms with Crippen molar-refractivity contribution in [2.24, 2.45) is 0 Å². The monoisotopic (exact) mass is 412 g/mol. The van der Waals surface area contributed by atoms with Crippen molar-refractivity contribution in [1.82, 2.24) is 0 Å². The first kappa shape index (κ1) is 18.5. The number of hydrogen-bond donors (Lipinski definition) is 0. The molecule has 0 saturated carbocycles. The highest BCUT2D eigenvalue weighted by Gasteiger charge is 2.25. The third-order valence-electron chi connectivity index (χ3n) is 3.21. The van der Waals surface area contributed by atoms with Gasteiger partial charge in [0.2, 0.25) is 0 Å². The van der Waals surface area contributed by atoms with Crippen LogP contribution < -0.4 is 4.74 Å². The van der Waals surface area contributed by atoms with Gasteiger partial charge >= 0.3 is 0 Å². The normalized spacial score (nSPS) is 13.0. The topological polar surface area (TPSA) is 18.5 Å². The summed E-state index contributed by atoms with van der Waals surface area (Å²) in [6.07, 6.45) is -0.178. The zero-order chi connectivity index (χ0) is 17.0. The Bertz CT molecular complexity index is 653. The molecule has 0 N–H and O–H groups in total. The molecule has 0 fully saturated rings. The Morgan fingerprint density at radius 3 is 2.30 bits per heavy atom. The number of rotatable bonds is 6. The van der Waals surface area contributed by atoms with Crippen LogP contribution >= 0.6 is 27.5 Å². The van der Waals surface area contributed by atoms with E-state index in [4.69, 9.17) is 20.8 Å². The van der Waals surface area contributed by atoms with Crippen molar-refractivity contribution in [3.63, 3.8) is 0 Å². The fourth-order valence-corrected chi connectivity index (χ4v) is 3.85. The average molecular weight is 414 g/mol. The van der Waals surface area contributed by atoms with Crippen LogP contribution in [0.25, 0.3) is 0 Å². The van der Waals surface area contributed by atoms with Gasteiger partial charge in [0.05, 0.1) is 12.7 Å². The van der Waals surface area contributed by atoms with Gasteiger partial charge in [-0.05, 0) is 62.5 Å². The van der Waals surface area contributed by atoms with Gasteiger partial charge in [0.1, 0.15) is 5.75 Å². The molecule has 0 radical (unpaired) electrons. The van der Waals surface area contributed by atoms with E-state index in [9.17, 15) is 0 Å². The summed E-state index contributed by atoms with van der Waals surface area (Å²) in [4.78, 5) is 0. The zero-order valence-corrected chi connectivity index (χ0v) is 17.2. The summed E-state index contributed by atoms with van der Waals surface area (Å²) in [5, 5.41) is 0.713. The Morgan fingerprint density at radius 2 is 1.74 bits per heavy atom. The van der Waals surface area contributed by atoms with Crippen molar-refractivity contribution in [2.45, 2.75) is 32.7 Å². The maximum atomic E-state index is 6.44. The Labute approximate surface area is 153 Å². The molecule has 2 nitrogen and oxygen atoms in total. The highest BCUT2D eigenvalue weighted by atomic mass is 79.9. The van der Waals surface area contributed by atoms with Crippen molar-refractivity contribution >= 4 is 35.8 Å². The molecule has 1 atom stereocenters. The van der Waals surface area contributed by atoms with Crippen LogP contribution in [-0.4, -0.2) is 14.9 Å². The fourth-order valence-electron chi connectivity index (χ4n) is 2.29. The molecule has 1 unspecified atom stereocenters. The van der Waals surface area contributed by atoms with Gasteiger partial charge in [-0.25, -0.2) is 0 Å². The lowest BCUT2D eigenvalue weighted by Gasteiger charge is -2.28. The first-order valence-corrected chi connectivity index (χ1v) is 12.2. The van der Waals surface area contributed by atoms with E-state index in [0.29, 0.717) is 11.6 Å². The van der Waals surface area contributed by atoms with Gasteiger partial charge in [-0.15, -0.1) is 0 Å². The highest BCUT2D eigenvalue weighted by molar-refractivity contribution is 9.10. The van der Waals surface area contributed by atoms with E-state index in [1.807, 2.05) is 49.4 Å². The molecule has 23 heavy (non-hydrogen) atoms. The second-order valence-corrected chi connectivity index (χ2v) is 12.1. The molecule has 0 heterocycles. The van der Waals surface area contributed by atoms with E-state index in [1.165, 1.54) is 0 Å². The third-order valence-corrected chi connectivity index (χ3v) is 4.99. The molecule has 5 heteroatoms. The first-order chi connectivity index (χ1) is 10.8. The van der Waals surface area contributed by atoms with Gasteiger partial charge < -0.3 is 9.16 Å². The molecule has 0 aliphatic heterocycles. The van der Waals surface area contributed by atoms with Crippen LogP contribution in [0.2, 0.25) is 24.7 Å². The smallest absolute Gasteiger partial charge is 0.185 e. The Morgan fingerprint density at radius 1 is 1.09 bits per heavy atom. The van der Waals surface area contributed by atoms with Crippen LogP contribution in [0.5, 0.6) is 5.75 Å². The lowest BCUT2D eigenvalue weighted by molar-refractivity contribution is 0.239. The standard InChI is InChI=1S/C18H22BrClO2Si/c1-5-21-15-9-6-13(7-10-15)18(22-23(2,3)4)16-12-14(19)8-11-17(16)20/h6-12,18H,5H2,1-4H3. The van der Waals surface area contributed by atoms with Crippen LogP contribution in [0.15, 0.2) is 46.9 Å². The third kappa shape index (κ3) is 5.35. The quantitative estimate of drug-likeness (QED) is 0.507. The van der Waals surface area contributed by atoms with Crippen molar-refractivity contribution < 1.29 is 9.16 Å². The summed E-state index contributed by atoms with van der Waals surface area (Å²) in [5.74, 6) is 0.864. The Hall–Kier alpha value is -0.813. The fraction of sp³-hybridized carbons (Fsp3) is 0.333. The van der Waals surface area contributed by atoms with E-state index in [-0.39, 0.29) is 6.10 Å².